The van der Waals surface area contributed by atoms with Crippen molar-refractivity contribution in [1.82, 2.24) is 9.80 Å². The molecule has 0 rings (SSSR count). The number of hydrogen-bond acceptors (Lipinski definition) is 3. The Morgan fingerprint density at radius 2 is 1.80 bits per heavy atom. The van der Waals surface area contributed by atoms with Gasteiger partial charge in [0.05, 0.1) is 12.6 Å². The van der Waals surface area contributed by atoms with Gasteiger partial charge < -0.3 is 19.6 Å². The lowest BCUT2D eigenvalue weighted by Gasteiger charge is -2.35. The highest BCUT2D eigenvalue weighted by molar-refractivity contribution is 5.75. The standard InChI is InChI=1S/C14H28N2O4/c1-6-15(12(4)10-20-5)14(19)16(11(2)3)9-7-8-13(17)18/h11-12H,6-10H2,1-5H3,(H,17,18). The molecule has 0 aromatic heterocycles. The molecule has 0 aliphatic carbocycles. The Bertz CT molecular complexity index is 308. The van der Waals surface area contributed by atoms with Gasteiger partial charge in [0.25, 0.3) is 0 Å². The molecule has 2 amide bonds. The van der Waals surface area contributed by atoms with Crippen LogP contribution in [0.5, 0.6) is 0 Å². The zero-order chi connectivity index (χ0) is 15.7. The Kier molecular flexibility index (Phi) is 8.96. The summed E-state index contributed by atoms with van der Waals surface area (Å²) in [5.74, 6) is -0.832. The van der Waals surface area contributed by atoms with Gasteiger partial charge >= 0.3 is 12.0 Å². The fraction of sp³-hybridized carbons (Fsp3) is 0.857. The first-order valence-electron chi connectivity index (χ1n) is 7.13. The van der Waals surface area contributed by atoms with Crippen molar-refractivity contribution in [3.63, 3.8) is 0 Å². The predicted molar refractivity (Wildman–Crippen MR) is 77.8 cm³/mol. The molecule has 0 aromatic rings. The van der Waals surface area contributed by atoms with Crippen molar-refractivity contribution in [3.05, 3.63) is 0 Å². The number of carboxylic acids is 1. The zero-order valence-corrected chi connectivity index (χ0v) is 13.3. The SMILES string of the molecule is CCN(C(=O)N(CCCC(=O)O)C(C)C)C(C)COC. The third kappa shape index (κ3) is 6.23. The zero-order valence-electron chi connectivity index (χ0n) is 13.3. The molecule has 1 N–H and O–H groups in total. The molecule has 118 valence electrons. The quantitative estimate of drug-likeness (QED) is 0.705. The van der Waals surface area contributed by atoms with E-state index in [-0.39, 0.29) is 24.5 Å². The number of likely N-dealkylation sites (N-methyl/N-ethyl adjacent to an activating group) is 1. The van der Waals surface area contributed by atoms with Crippen LogP contribution < -0.4 is 0 Å². The summed E-state index contributed by atoms with van der Waals surface area (Å²) in [6.45, 7) is 9.30. The van der Waals surface area contributed by atoms with Gasteiger partial charge in [-0.05, 0) is 34.1 Å². The summed E-state index contributed by atoms with van der Waals surface area (Å²) in [7, 11) is 1.61. The van der Waals surface area contributed by atoms with Gasteiger partial charge in [-0.25, -0.2) is 4.79 Å². The van der Waals surface area contributed by atoms with Crippen LogP contribution in [0.3, 0.4) is 0 Å². The molecule has 1 atom stereocenters. The van der Waals surface area contributed by atoms with Gasteiger partial charge in [0.1, 0.15) is 0 Å². The summed E-state index contributed by atoms with van der Waals surface area (Å²) < 4.78 is 5.10. The molecule has 0 heterocycles. The first-order chi connectivity index (χ1) is 9.34. The first kappa shape index (κ1) is 18.7. The van der Waals surface area contributed by atoms with Crippen LogP contribution in [0.2, 0.25) is 0 Å². The molecule has 6 heteroatoms. The fourth-order valence-electron chi connectivity index (χ4n) is 2.11. The second-order valence-electron chi connectivity index (χ2n) is 5.16. The number of aliphatic carboxylic acids is 1. The third-order valence-electron chi connectivity index (χ3n) is 3.19. The Labute approximate surface area is 121 Å². The lowest BCUT2D eigenvalue weighted by molar-refractivity contribution is -0.137. The van der Waals surface area contributed by atoms with Crippen LogP contribution in [0.1, 0.15) is 40.5 Å². The van der Waals surface area contributed by atoms with E-state index >= 15 is 0 Å². The Morgan fingerprint density at radius 1 is 1.20 bits per heavy atom. The summed E-state index contributed by atoms with van der Waals surface area (Å²) in [5, 5.41) is 8.69. The largest absolute Gasteiger partial charge is 0.481 e. The van der Waals surface area contributed by atoms with Crippen LogP contribution in [-0.4, -0.2) is 65.8 Å². The Hall–Kier alpha value is -1.30. The molecule has 0 bridgehead atoms. The minimum Gasteiger partial charge on any atom is -0.481 e. The molecule has 0 aliphatic rings. The summed E-state index contributed by atoms with van der Waals surface area (Å²) in [6.07, 6.45) is 0.547. The van der Waals surface area contributed by atoms with Gasteiger partial charge in [-0.3, -0.25) is 4.79 Å². The van der Waals surface area contributed by atoms with Gasteiger partial charge in [-0.1, -0.05) is 0 Å². The number of carbonyl (C=O) groups excluding carboxylic acids is 1. The van der Waals surface area contributed by atoms with E-state index < -0.39 is 5.97 Å². The summed E-state index contributed by atoms with van der Waals surface area (Å²) in [5.41, 5.74) is 0. The Balaban J connectivity index is 4.70. The second-order valence-corrected chi connectivity index (χ2v) is 5.16. The van der Waals surface area contributed by atoms with E-state index in [0.717, 1.165) is 0 Å². The summed E-state index contributed by atoms with van der Waals surface area (Å²) in [6, 6.07) is -0.0178. The van der Waals surface area contributed by atoms with E-state index in [4.69, 9.17) is 9.84 Å². The lowest BCUT2D eigenvalue weighted by Crippen LogP contribution is -2.51. The smallest absolute Gasteiger partial charge is 0.320 e. The minimum atomic E-state index is -0.832. The lowest BCUT2D eigenvalue weighted by atomic mass is 10.2. The van der Waals surface area contributed by atoms with Gasteiger partial charge in [0, 0.05) is 32.7 Å². The van der Waals surface area contributed by atoms with Crippen LogP contribution in [0.25, 0.3) is 0 Å². The molecule has 0 saturated heterocycles. The first-order valence-corrected chi connectivity index (χ1v) is 7.13. The number of ether oxygens (including phenoxy) is 1. The topological polar surface area (TPSA) is 70.1 Å². The van der Waals surface area contributed by atoms with Crippen molar-refractivity contribution < 1.29 is 19.4 Å². The maximum absolute atomic E-state index is 12.6. The molecular weight excluding hydrogens is 260 g/mol. The monoisotopic (exact) mass is 288 g/mol. The minimum absolute atomic E-state index is 0.00164. The molecule has 0 radical (unpaired) electrons. The third-order valence-corrected chi connectivity index (χ3v) is 3.19. The van der Waals surface area contributed by atoms with E-state index in [1.807, 2.05) is 27.7 Å². The fourth-order valence-corrected chi connectivity index (χ4v) is 2.11. The molecule has 20 heavy (non-hydrogen) atoms. The van der Waals surface area contributed by atoms with Crippen LogP contribution in [-0.2, 0) is 9.53 Å². The average Bonchev–Trinajstić information content (AvgIpc) is 2.34. The molecule has 0 fully saturated rings. The number of carbonyl (C=O) groups is 2. The maximum atomic E-state index is 12.6. The van der Waals surface area contributed by atoms with E-state index in [1.54, 1.807) is 16.9 Å². The number of amides is 2. The van der Waals surface area contributed by atoms with Crippen LogP contribution in [0.4, 0.5) is 4.79 Å². The molecular formula is C14H28N2O4. The van der Waals surface area contributed by atoms with Gasteiger partial charge in [-0.15, -0.1) is 0 Å². The summed E-state index contributed by atoms with van der Waals surface area (Å²) >= 11 is 0. The van der Waals surface area contributed by atoms with E-state index in [2.05, 4.69) is 0 Å². The highest BCUT2D eigenvalue weighted by Gasteiger charge is 2.25. The Morgan fingerprint density at radius 3 is 2.20 bits per heavy atom. The van der Waals surface area contributed by atoms with Gasteiger partial charge in [0.2, 0.25) is 0 Å². The second kappa shape index (κ2) is 9.58. The molecule has 0 aliphatic heterocycles. The van der Waals surface area contributed by atoms with Crippen LogP contribution in [0.15, 0.2) is 0 Å². The number of nitrogens with zero attached hydrogens (tertiary/aromatic N) is 2. The van der Waals surface area contributed by atoms with Crippen molar-refractivity contribution in [1.29, 1.82) is 0 Å². The average molecular weight is 288 g/mol. The number of rotatable bonds is 9. The van der Waals surface area contributed by atoms with Crippen molar-refractivity contribution in [3.8, 4) is 0 Å². The number of hydrogen-bond donors (Lipinski definition) is 1. The van der Waals surface area contributed by atoms with Crippen molar-refractivity contribution in [2.45, 2.75) is 52.6 Å². The maximum Gasteiger partial charge on any atom is 0.320 e. The number of methoxy groups -OCH3 is 1. The highest BCUT2D eigenvalue weighted by Crippen LogP contribution is 2.10. The van der Waals surface area contributed by atoms with E-state index in [0.29, 0.717) is 26.1 Å². The van der Waals surface area contributed by atoms with Crippen molar-refractivity contribution in [2.75, 3.05) is 26.8 Å². The molecule has 0 saturated carbocycles. The highest BCUT2D eigenvalue weighted by atomic mass is 16.5. The normalized spacial score (nSPS) is 12.3. The van der Waals surface area contributed by atoms with Crippen LogP contribution in [0, 0.1) is 0 Å². The van der Waals surface area contributed by atoms with E-state index in [1.165, 1.54) is 0 Å². The molecule has 0 spiro atoms. The number of urea groups is 1. The molecule has 1 unspecified atom stereocenters. The van der Waals surface area contributed by atoms with E-state index in [9.17, 15) is 9.59 Å². The van der Waals surface area contributed by atoms with Crippen LogP contribution >= 0.6 is 0 Å². The van der Waals surface area contributed by atoms with Crippen molar-refractivity contribution >= 4 is 12.0 Å². The van der Waals surface area contributed by atoms with Crippen molar-refractivity contribution in [2.24, 2.45) is 0 Å². The number of carboxylic acid groups (broad SMARTS) is 1. The van der Waals surface area contributed by atoms with Gasteiger partial charge in [0.15, 0.2) is 0 Å². The van der Waals surface area contributed by atoms with Gasteiger partial charge in [-0.2, -0.15) is 0 Å². The predicted octanol–water partition coefficient (Wildman–Crippen LogP) is 2.04. The molecule has 0 aromatic carbocycles. The summed E-state index contributed by atoms with van der Waals surface area (Å²) in [4.78, 5) is 26.6. The molecule has 6 nitrogen and oxygen atoms in total.